The highest BCUT2D eigenvalue weighted by Crippen LogP contribution is 2.33. The second-order valence-electron chi connectivity index (χ2n) is 4.46. The predicted molar refractivity (Wildman–Crippen MR) is 72.6 cm³/mol. The number of para-hydroxylation sites is 1. The molecule has 0 bridgehead atoms. The van der Waals surface area contributed by atoms with Gasteiger partial charge in [-0.05, 0) is 38.4 Å². The van der Waals surface area contributed by atoms with Gasteiger partial charge in [0.2, 0.25) is 0 Å². The lowest BCUT2D eigenvalue weighted by Gasteiger charge is -2.26. The normalized spacial score (nSPS) is 16.1. The van der Waals surface area contributed by atoms with Crippen LogP contribution < -0.4 is 4.90 Å². The highest BCUT2D eigenvalue weighted by Gasteiger charge is 2.14. The summed E-state index contributed by atoms with van der Waals surface area (Å²) in [5.74, 6) is 1.25. The van der Waals surface area contributed by atoms with E-state index in [1.165, 1.54) is 29.3 Å². The fraction of sp³-hybridized carbons (Fsp3) is 0.538. The third-order valence-corrected chi connectivity index (χ3v) is 4.00. The fourth-order valence-electron chi connectivity index (χ4n) is 1.95. The van der Waals surface area contributed by atoms with Crippen molar-refractivity contribution < 1.29 is 0 Å². The number of anilines is 1. The molecule has 2 nitrogen and oxygen atoms in total. The first kappa shape index (κ1) is 11.8. The van der Waals surface area contributed by atoms with E-state index in [1.807, 2.05) is 11.8 Å². The van der Waals surface area contributed by atoms with Crippen molar-refractivity contribution in [1.29, 1.82) is 0 Å². The summed E-state index contributed by atoms with van der Waals surface area (Å²) < 4.78 is 0. The van der Waals surface area contributed by atoms with Crippen molar-refractivity contribution in [3.63, 3.8) is 0 Å². The van der Waals surface area contributed by atoms with E-state index in [-0.39, 0.29) is 0 Å². The van der Waals surface area contributed by atoms with Gasteiger partial charge in [-0.3, -0.25) is 0 Å². The number of likely N-dealkylation sites (N-methyl/N-ethyl adjacent to an activating group) is 1. The van der Waals surface area contributed by atoms with Crippen molar-refractivity contribution in [1.82, 2.24) is 4.90 Å². The Morgan fingerprint density at radius 3 is 2.94 bits per heavy atom. The monoisotopic (exact) mass is 236 g/mol. The molecule has 1 aromatic carbocycles. The molecule has 2 rings (SSSR count). The van der Waals surface area contributed by atoms with E-state index in [0.29, 0.717) is 0 Å². The zero-order chi connectivity index (χ0) is 11.4. The number of fused-ring (bicyclic) bond motifs is 1. The molecule has 0 atom stereocenters. The van der Waals surface area contributed by atoms with Gasteiger partial charge in [0.15, 0.2) is 0 Å². The molecular formula is C13H20N2S. The summed E-state index contributed by atoms with van der Waals surface area (Å²) >= 11 is 1.99. The average Bonchev–Trinajstić information content (AvgIpc) is 2.48. The molecule has 0 saturated heterocycles. The van der Waals surface area contributed by atoms with Crippen LogP contribution in [-0.4, -0.2) is 44.4 Å². The Morgan fingerprint density at radius 1 is 1.31 bits per heavy atom. The van der Waals surface area contributed by atoms with Crippen molar-refractivity contribution in [3.8, 4) is 0 Å². The lowest BCUT2D eigenvalue weighted by atomic mass is 10.2. The molecule has 0 unspecified atom stereocenters. The Bertz CT molecular complexity index is 338. The largest absolute Gasteiger partial charge is 0.369 e. The van der Waals surface area contributed by atoms with E-state index >= 15 is 0 Å². The van der Waals surface area contributed by atoms with E-state index in [9.17, 15) is 0 Å². The van der Waals surface area contributed by atoms with Crippen molar-refractivity contribution in [2.45, 2.75) is 11.3 Å². The Balaban J connectivity index is 2.12. The summed E-state index contributed by atoms with van der Waals surface area (Å²) in [7, 11) is 4.27. The molecule has 1 heterocycles. The first-order valence-corrected chi connectivity index (χ1v) is 6.87. The Kier molecular flexibility index (Phi) is 4.13. The van der Waals surface area contributed by atoms with E-state index in [1.54, 1.807) is 0 Å². The van der Waals surface area contributed by atoms with E-state index in [4.69, 9.17) is 0 Å². The van der Waals surface area contributed by atoms with E-state index in [2.05, 4.69) is 48.2 Å². The molecule has 0 fully saturated rings. The standard InChI is InChI=1S/C13H20N2S/c1-14(2)9-10-15-8-5-11-16-13-7-4-3-6-12(13)15/h3-4,6-7H,5,8-11H2,1-2H3. The number of rotatable bonds is 3. The van der Waals surface area contributed by atoms with Crippen LogP contribution in [-0.2, 0) is 0 Å². The lowest BCUT2D eigenvalue weighted by Crippen LogP contribution is -2.32. The molecule has 16 heavy (non-hydrogen) atoms. The molecule has 1 aliphatic heterocycles. The zero-order valence-corrected chi connectivity index (χ0v) is 11.0. The minimum absolute atomic E-state index is 1.12. The minimum atomic E-state index is 1.12. The lowest BCUT2D eigenvalue weighted by molar-refractivity contribution is 0.413. The molecule has 0 N–H and O–H groups in total. The topological polar surface area (TPSA) is 6.48 Å². The average molecular weight is 236 g/mol. The van der Waals surface area contributed by atoms with Gasteiger partial charge in [0.25, 0.3) is 0 Å². The molecule has 0 radical (unpaired) electrons. The summed E-state index contributed by atoms with van der Waals surface area (Å²) in [6.45, 7) is 3.45. The summed E-state index contributed by atoms with van der Waals surface area (Å²) in [5, 5.41) is 0. The molecule has 1 aromatic rings. The molecule has 3 heteroatoms. The fourth-order valence-corrected chi connectivity index (χ4v) is 2.96. The van der Waals surface area contributed by atoms with Crippen LogP contribution in [0.25, 0.3) is 0 Å². The second-order valence-corrected chi connectivity index (χ2v) is 5.60. The second kappa shape index (κ2) is 5.60. The first-order valence-electron chi connectivity index (χ1n) is 5.89. The highest BCUT2D eigenvalue weighted by molar-refractivity contribution is 7.99. The molecule has 0 amide bonds. The van der Waals surface area contributed by atoms with Gasteiger partial charge in [-0.25, -0.2) is 0 Å². The molecule has 0 aromatic heterocycles. The number of thioether (sulfide) groups is 1. The third kappa shape index (κ3) is 2.92. The molecular weight excluding hydrogens is 216 g/mol. The van der Waals surface area contributed by atoms with Gasteiger partial charge in [0.05, 0.1) is 5.69 Å². The highest BCUT2D eigenvalue weighted by atomic mass is 32.2. The summed E-state index contributed by atoms with van der Waals surface area (Å²) in [6.07, 6.45) is 1.28. The maximum atomic E-state index is 2.52. The molecule has 0 saturated carbocycles. The van der Waals surface area contributed by atoms with Crippen LogP contribution in [0.2, 0.25) is 0 Å². The van der Waals surface area contributed by atoms with Gasteiger partial charge >= 0.3 is 0 Å². The molecule has 88 valence electrons. The minimum Gasteiger partial charge on any atom is -0.369 e. The van der Waals surface area contributed by atoms with E-state index in [0.717, 1.165) is 13.1 Å². The molecule has 1 aliphatic rings. The van der Waals surface area contributed by atoms with Crippen molar-refractivity contribution in [2.24, 2.45) is 0 Å². The predicted octanol–water partition coefficient (Wildman–Crippen LogP) is 2.55. The van der Waals surface area contributed by atoms with Crippen LogP contribution in [0.3, 0.4) is 0 Å². The van der Waals surface area contributed by atoms with Gasteiger partial charge in [-0.2, -0.15) is 0 Å². The quantitative estimate of drug-likeness (QED) is 0.796. The number of hydrogen-bond acceptors (Lipinski definition) is 3. The number of benzene rings is 1. The Morgan fingerprint density at radius 2 is 2.12 bits per heavy atom. The Hall–Kier alpha value is -0.670. The molecule has 0 aliphatic carbocycles. The third-order valence-electron chi connectivity index (χ3n) is 2.85. The SMILES string of the molecule is CN(C)CCN1CCCSc2ccccc21. The van der Waals surface area contributed by atoms with Gasteiger partial charge in [0, 0.05) is 24.5 Å². The summed E-state index contributed by atoms with van der Waals surface area (Å²) in [5.41, 5.74) is 1.42. The van der Waals surface area contributed by atoms with Crippen LogP contribution in [0.4, 0.5) is 5.69 Å². The maximum absolute atomic E-state index is 2.52. The van der Waals surface area contributed by atoms with Crippen LogP contribution in [0, 0.1) is 0 Å². The maximum Gasteiger partial charge on any atom is 0.0504 e. The van der Waals surface area contributed by atoms with Crippen molar-refractivity contribution >= 4 is 17.4 Å². The van der Waals surface area contributed by atoms with Crippen LogP contribution in [0.1, 0.15) is 6.42 Å². The first-order chi connectivity index (χ1) is 7.77. The van der Waals surface area contributed by atoms with Gasteiger partial charge in [0.1, 0.15) is 0 Å². The van der Waals surface area contributed by atoms with Crippen molar-refractivity contribution in [3.05, 3.63) is 24.3 Å². The van der Waals surface area contributed by atoms with Crippen LogP contribution >= 0.6 is 11.8 Å². The number of nitrogens with zero attached hydrogens (tertiary/aromatic N) is 2. The number of hydrogen-bond donors (Lipinski definition) is 0. The van der Waals surface area contributed by atoms with E-state index < -0.39 is 0 Å². The van der Waals surface area contributed by atoms with Crippen LogP contribution in [0.5, 0.6) is 0 Å². The summed E-state index contributed by atoms with van der Waals surface area (Å²) in [6, 6.07) is 8.78. The zero-order valence-electron chi connectivity index (χ0n) is 10.1. The smallest absolute Gasteiger partial charge is 0.0504 e. The van der Waals surface area contributed by atoms with Crippen molar-refractivity contribution in [2.75, 3.05) is 44.4 Å². The van der Waals surface area contributed by atoms with Gasteiger partial charge < -0.3 is 9.80 Å². The molecule has 0 spiro atoms. The summed E-state index contributed by atoms with van der Waals surface area (Å²) in [4.78, 5) is 6.22. The van der Waals surface area contributed by atoms with Gasteiger partial charge in [-0.15, -0.1) is 11.8 Å². The Labute approximate surface area is 103 Å². The van der Waals surface area contributed by atoms with Gasteiger partial charge in [-0.1, -0.05) is 12.1 Å². The van der Waals surface area contributed by atoms with Crippen LogP contribution in [0.15, 0.2) is 29.2 Å².